The molecule has 0 saturated carbocycles. The lowest BCUT2D eigenvalue weighted by atomic mass is 10.2. The lowest BCUT2D eigenvalue weighted by molar-refractivity contribution is -0.113. The highest BCUT2D eigenvalue weighted by atomic mass is 28.4. The molecule has 0 aromatic carbocycles. The molecule has 0 spiro atoms. The lowest BCUT2D eigenvalue weighted by Crippen LogP contribution is -2.25. The summed E-state index contributed by atoms with van der Waals surface area (Å²) in [5.74, 6) is 0.215. The van der Waals surface area contributed by atoms with E-state index in [9.17, 15) is 4.79 Å². The molecular formula is C9H15NO2Si. The molecule has 0 saturated heterocycles. The number of hydrogen-bond acceptors (Lipinski definition) is 3. The van der Waals surface area contributed by atoms with Crippen LogP contribution in [-0.2, 0) is 9.22 Å². The SMILES string of the molecule is CC(=O)/C(C#N)=C(\C)O[Si](C)(C)C. The molecule has 13 heavy (non-hydrogen) atoms. The fourth-order valence-corrected chi connectivity index (χ4v) is 1.94. The quantitative estimate of drug-likeness (QED) is 0.302. The number of ketones is 1. The summed E-state index contributed by atoms with van der Waals surface area (Å²) in [6.07, 6.45) is 0. The Labute approximate surface area is 80.1 Å². The highest BCUT2D eigenvalue weighted by Crippen LogP contribution is 2.13. The van der Waals surface area contributed by atoms with Crippen molar-refractivity contribution in [3.8, 4) is 6.07 Å². The number of allylic oxidation sites excluding steroid dienone is 2. The Morgan fingerprint density at radius 2 is 1.77 bits per heavy atom. The van der Waals surface area contributed by atoms with Gasteiger partial charge in [-0.2, -0.15) is 5.26 Å². The average Bonchev–Trinajstić information content (AvgIpc) is 1.82. The Bertz CT molecular complexity index is 281. The third-order valence-electron chi connectivity index (χ3n) is 1.28. The Balaban J connectivity index is 4.82. The predicted molar refractivity (Wildman–Crippen MR) is 53.4 cm³/mol. The van der Waals surface area contributed by atoms with Crippen molar-refractivity contribution in [1.82, 2.24) is 0 Å². The summed E-state index contributed by atoms with van der Waals surface area (Å²) >= 11 is 0. The summed E-state index contributed by atoms with van der Waals surface area (Å²) in [5.41, 5.74) is 0.127. The average molecular weight is 197 g/mol. The maximum absolute atomic E-state index is 11.0. The van der Waals surface area contributed by atoms with Gasteiger partial charge in [-0.15, -0.1) is 0 Å². The van der Waals surface area contributed by atoms with Crippen molar-refractivity contribution in [3.05, 3.63) is 11.3 Å². The van der Waals surface area contributed by atoms with E-state index in [2.05, 4.69) is 0 Å². The van der Waals surface area contributed by atoms with Crippen LogP contribution in [0.1, 0.15) is 13.8 Å². The maximum atomic E-state index is 11.0. The number of carbonyl (C=O) groups is 1. The normalized spacial score (nSPS) is 12.9. The Morgan fingerprint density at radius 1 is 1.31 bits per heavy atom. The number of nitrogens with zero attached hydrogens (tertiary/aromatic N) is 1. The van der Waals surface area contributed by atoms with E-state index >= 15 is 0 Å². The molecule has 3 nitrogen and oxygen atoms in total. The van der Waals surface area contributed by atoms with Gasteiger partial charge in [-0.05, 0) is 33.5 Å². The first kappa shape index (κ1) is 11.9. The molecule has 0 unspecified atom stereocenters. The van der Waals surface area contributed by atoms with Crippen LogP contribution in [-0.4, -0.2) is 14.1 Å². The second kappa shape index (κ2) is 4.24. The van der Waals surface area contributed by atoms with Crippen molar-refractivity contribution < 1.29 is 9.22 Å². The Kier molecular flexibility index (Phi) is 3.88. The van der Waals surface area contributed by atoms with E-state index in [1.165, 1.54) is 6.92 Å². The van der Waals surface area contributed by atoms with E-state index in [0.29, 0.717) is 5.76 Å². The third-order valence-corrected chi connectivity index (χ3v) is 2.19. The van der Waals surface area contributed by atoms with Gasteiger partial charge in [-0.25, -0.2) is 0 Å². The van der Waals surface area contributed by atoms with Crippen LogP contribution in [0.5, 0.6) is 0 Å². The second-order valence-corrected chi connectivity index (χ2v) is 8.24. The molecule has 0 bridgehead atoms. The van der Waals surface area contributed by atoms with Gasteiger partial charge in [0.2, 0.25) is 8.32 Å². The van der Waals surface area contributed by atoms with Gasteiger partial charge in [0.05, 0.1) is 5.76 Å². The summed E-state index contributed by atoms with van der Waals surface area (Å²) in [6.45, 7) is 9.05. The topological polar surface area (TPSA) is 50.1 Å². The molecule has 0 fully saturated rings. The zero-order valence-corrected chi connectivity index (χ0v) is 9.76. The minimum atomic E-state index is -1.71. The van der Waals surface area contributed by atoms with Crippen LogP contribution >= 0.6 is 0 Å². The zero-order valence-electron chi connectivity index (χ0n) is 8.76. The molecule has 0 aliphatic carbocycles. The van der Waals surface area contributed by atoms with Crippen LogP contribution in [0.2, 0.25) is 19.6 Å². The Morgan fingerprint density at radius 3 is 2.00 bits per heavy atom. The molecule has 0 rings (SSSR count). The van der Waals surface area contributed by atoms with Gasteiger partial charge >= 0.3 is 0 Å². The molecule has 0 N–H and O–H groups in total. The summed E-state index contributed by atoms with van der Waals surface area (Å²) in [7, 11) is -1.71. The molecular weight excluding hydrogens is 182 g/mol. The highest BCUT2D eigenvalue weighted by Gasteiger charge is 2.19. The summed E-state index contributed by atoms with van der Waals surface area (Å²) in [5, 5.41) is 8.67. The number of nitriles is 1. The molecule has 0 aromatic heterocycles. The minimum Gasteiger partial charge on any atom is -0.546 e. The van der Waals surface area contributed by atoms with Gasteiger partial charge in [0.1, 0.15) is 11.6 Å². The molecule has 0 aliphatic rings. The Hall–Kier alpha value is -1.08. The van der Waals surface area contributed by atoms with E-state index in [-0.39, 0.29) is 11.4 Å². The number of rotatable bonds is 3. The van der Waals surface area contributed by atoms with Crippen molar-refractivity contribution in [2.75, 3.05) is 0 Å². The van der Waals surface area contributed by atoms with Crippen LogP contribution in [0, 0.1) is 11.3 Å². The number of hydrogen-bond donors (Lipinski definition) is 0. The molecule has 4 heteroatoms. The molecule has 0 radical (unpaired) electrons. The van der Waals surface area contributed by atoms with Crippen LogP contribution < -0.4 is 0 Å². The van der Waals surface area contributed by atoms with Gasteiger partial charge in [-0.3, -0.25) is 4.79 Å². The predicted octanol–water partition coefficient (Wildman–Crippen LogP) is 2.22. The van der Waals surface area contributed by atoms with Gasteiger partial charge in [0, 0.05) is 0 Å². The van der Waals surface area contributed by atoms with Crippen molar-refractivity contribution >= 4 is 14.1 Å². The minimum absolute atomic E-state index is 0.127. The molecule has 0 aliphatic heterocycles. The first-order chi connectivity index (χ1) is 5.78. The van der Waals surface area contributed by atoms with Gasteiger partial charge in [0.15, 0.2) is 5.78 Å². The molecule has 0 heterocycles. The molecule has 0 amide bonds. The lowest BCUT2D eigenvalue weighted by Gasteiger charge is -2.19. The van der Waals surface area contributed by atoms with E-state index in [1.807, 2.05) is 25.7 Å². The smallest absolute Gasteiger partial charge is 0.241 e. The summed E-state index contributed by atoms with van der Waals surface area (Å²) < 4.78 is 5.53. The van der Waals surface area contributed by atoms with Gasteiger partial charge < -0.3 is 4.43 Å². The first-order valence-corrected chi connectivity index (χ1v) is 7.49. The molecule has 72 valence electrons. The fourth-order valence-electron chi connectivity index (χ4n) is 0.916. The van der Waals surface area contributed by atoms with Crippen LogP contribution in [0.15, 0.2) is 11.3 Å². The summed E-state index contributed by atoms with van der Waals surface area (Å²) in [6, 6.07) is 1.85. The van der Waals surface area contributed by atoms with E-state index in [1.54, 1.807) is 6.92 Å². The van der Waals surface area contributed by atoms with Crippen molar-refractivity contribution in [2.24, 2.45) is 0 Å². The van der Waals surface area contributed by atoms with Crippen LogP contribution in [0.3, 0.4) is 0 Å². The van der Waals surface area contributed by atoms with Gasteiger partial charge in [0.25, 0.3) is 0 Å². The third kappa shape index (κ3) is 4.48. The monoisotopic (exact) mass is 197 g/mol. The van der Waals surface area contributed by atoms with Gasteiger partial charge in [-0.1, -0.05) is 0 Å². The first-order valence-electron chi connectivity index (χ1n) is 4.09. The largest absolute Gasteiger partial charge is 0.546 e. The van der Waals surface area contributed by atoms with Crippen LogP contribution in [0.4, 0.5) is 0 Å². The van der Waals surface area contributed by atoms with Crippen LogP contribution in [0.25, 0.3) is 0 Å². The molecule has 0 atom stereocenters. The van der Waals surface area contributed by atoms with E-state index < -0.39 is 8.32 Å². The highest BCUT2D eigenvalue weighted by molar-refractivity contribution is 6.70. The van der Waals surface area contributed by atoms with E-state index in [4.69, 9.17) is 9.69 Å². The molecule has 0 aromatic rings. The fraction of sp³-hybridized carbons (Fsp3) is 0.556. The zero-order chi connectivity index (χ0) is 10.6. The number of Topliss-reactive ketones (excluding diaryl/α,β-unsaturated/α-hetero) is 1. The van der Waals surface area contributed by atoms with Crippen molar-refractivity contribution in [2.45, 2.75) is 33.5 Å². The van der Waals surface area contributed by atoms with Crippen molar-refractivity contribution in [1.29, 1.82) is 5.26 Å². The second-order valence-electron chi connectivity index (χ2n) is 3.81. The number of carbonyl (C=O) groups excluding carboxylic acids is 1. The van der Waals surface area contributed by atoms with E-state index in [0.717, 1.165) is 0 Å². The summed E-state index contributed by atoms with van der Waals surface area (Å²) in [4.78, 5) is 11.0. The standard InChI is InChI=1S/C9H15NO2Si/c1-7(11)9(6-10)8(2)12-13(3,4)5/h1-5H3/b9-8+. The maximum Gasteiger partial charge on any atom is 0.241 e. The van der Waals surface area contributed by atoms with Crippen molar-refractivity contribution in [3.63, 3.8) is 0 Å².